The van der Waals surface area contributed by atoms with Crippen LogP contribution in [0.15, 0.2) is 0 Å². The second-order valence-electron chi connectivity index (χ2n) is 2.72. The van der Waals surface area contributed by atoms with E-state index in [0.29, 0.717) is 19.3 Å². The molecule has 0 fully saturated rings. The maximum atomic E-state index is 10.4. The highest BCUT2D eigenvalue weighted by Crippen LogP contribution is 1.96. The number of nitrogens with one attached hydrogen (secondary N) is 2. The van der Waals surface area contributed by atoms with Gasteiger partial charge in [0, 0.05) is 13.5 Å². The van der Waals surface area contributed by atoms with Crippen molar-refractivity contribution in [3.63, 3.8) is 0 Å². The molecule has 1 amide bonds. The number of carbonyl (C=O) groups is 2. The van der Waals surface area contributed by atoms with Crippen LogP contribution in [-0.2, 0) is 9.59 Å². The van der Waals surface area contributed by atoms with Gasteiger partial charge in [0.15, 0.2) is 0 Å². The van der Waals surface area contributed by atoms with Crippen LogP contribution in [-0.4, -0.2) is 24.8 Å². The van der Waals surface area contributed by atoms with Crippen LogP contribution in [0.25, 0.3) is 0 Å². The average Bonchev–Trinajstić information content (AvgIpc) is 2.03. The molecule has 0 aliphatic rings. The van der Waals surface area contributed by atoms with Gasteiger partial charge in [0.25, 0.3) is 0 Å². The Labute approximate surface area is 72.5 Å². The molecule has 0 rings (SSSR count). The zero-order valence-corrected chi connectivity index (χ0v) is 7.30. The second kappa shape index (κ2) is 6.79. The van der Waals surface area contributed by atoms with Gasteiger partial charge >= 0.3 is 0 Å². The van der Waals surface area contributed by atoms with Gasteiger partial charge in [-0.1, -0.05) is 0 Å². The number of amides is 1. The van der Waals surface area contributed by atoms with Gasteiger partial charge in [0.05, 0.1) is 6.04 Å². The largest absolute Gasteiger partial charge is 0.356 e. The number of aldehydes is 1. The van der Waals surface area contributed by atoms with Gasteiger partial charge < -0.3 is 10.1 Å². The summed E-state index contributed by atoms with van der Waals surface area (Å²) in [5, 5.41) is 2.65. The number of hydrogen-bond donors (Lipinski definition) is 1. The predicted octanol–water partition coefficient (Wildman–Crippen LogP) is 0.143. The Balaban J connectivity index is 3.10. The van der Waals surface area contributed by atoms with E-state index >= 15 is 0 Å². The van der Waals surface area contributed by atoms with Crippen molar-refractivity contribution in [2.45, 2.75) is 32.2 Å². The van der Waals surface area contributed by atoms with E-state index in [4.69, 9.17) is 5.73 Å². The first-order valence-corrected chi connectivity index (χ1v) is 4.07. The lowest BCUT2D eigenvalue weighted by Crippen LogP contribution is -2.21. The van der Waals surface area contributed by atoms with Gasteiger partial charge in [0.2, 0.25) is 5.91 Å². The van der Waals surface area contributed by atoms with Crippen molar-refractivity contribution in [1.82, 2.24) is 11.1 Å². The Morgan fingerprint density at radius 3 is 2.75 bits per heavy atom. The first-order chi connectivity index (χ1) is 5.66. The fourth-order valence-electron chi connectivity index (χ4n) is 0.822. The molecule has 4 nitrogen and oxygen atoms in total. The zero-order valence-electron chi connectivity index (χ0n) is 7.30. The van der Waals surface area contributed by atoms with E-state index in [1.165, 1.54) is 6.92 Å². The monoisotopic (exact) mass is 171 g/mol. The number of rotatable bonds is 6. The lowest BCUT2D eigenvalue weighted by molar-refractivity contribution is -0.119. The molecule has 1 unspecified atom stereocenters. The SMILES string of the molecule is CC(=O)NCCCCC([NH])C=O. The van der Waals surface area contributed by atoms with Crippen molar-refractivity contribution in [1.29, 1.82) is 0 Å². The molecule has 4 heteroatoms. The number of carbonyl (C=O) groups excluding carboxylic acids is 2. The smallest absolute Gasteiger partial charge is 0.216 e. The fraction of sp³-hybridized carbons (Fsp3) is 0.750. The summed E-state index contributed by atoms with van der Waals surface area (Å²) in [7, 11) is 0. The van der Waals surface area contributed by atoms with Crippen molar-refractivity contribution < 1.29 is 9.59 Å². The first-order valence-electron chi connectivity index (χ1n) is 4.07. The van der Waals surface area contributed by atoms with Crippen LogP contribution in [0, 0.1) is 0 Å². The van der Waals surface area contributed by atoms with Crippen LogP contribution in [0.2, 0.25) is 0 Å². The fourth-order valence-corrected chi connectivity index (χ4v) is 0.822. The molecule has 0 saturated heterocycles. The first kappa shape index (κ1) is 11.1. The average molecular weight is 171 g/mol. The summed E-state index contributed by atoms with van der Waals surface area (Å²) in [6.45, 7) is 2.11. The molecule has 2 N–H and O–H groups in total. The van der Waals surface area contributed by atoms with Crippen LogP contribution in [0.5, 0.6) is 0 Å². The molecular formula is C8H15N2O2. The molecule has 12 heavy (non-hydrogen) atoms. The van der Waals surface area contributed by atoms with Crippen molar-refractivity contribution in [2.24, 2.45) is 0 Å². The summed E-state index contributed by atoms with van der Waals surface area (Å²) in [5.41, 5.74) is 7.09. The van der Waals surface area contributed by atoms with Crippen LogP contribution < -0.4 is 11.1 Å². The second-order valence-corrected chi connectivity index (χ2v) is 2.72. The van der Waals surface area contributed by atoms with Crippen molar-refractivity contribution in [2.75, 3.05) is 6.54 Å². The van der Waals surface area contributed by atoms with E-state index in [-0.39, 0.29) is 5.91 Å². The van der Waals surface area contributed by atoms with Gasteiger partial charge in [0.1, 0.15) is 6.29 Å². The number of unbranched alkanes of at least 4 members (excludes halogenated alkanes) is 1. The molecule has 69 valence electrons. The molecular weight excluding hydrogens is 156 g/mol. The van der Waals surface area contributed by atoms with Crippen LogP contribution >= 0.6 is 0 Å². The third-order valence-corrected chi connectivity index (χ3v) is 1.48. The van der Waals surface area contributed by atoms with Crippen molar-refractivity contribution in [3.8, 4) is 0 Å². The lowest BCUT2D eigenvalue weighted by atomic mass is 10.1. The van der Waals surface area contributed by atoms with E-state index in [0.717, 1.165) is 12.8 Å². The van der Waals surface area contributed by atoms with E-state index in [9.17, 15) is 9.59 Å². The molecule has 0 aliphatic heterocycles. The molecule has 1 radical (unpaired) electrons. The molecule has 0 aliphatic carbocycles. The van der Waals surface area contributed by atoms with Crippen molar-refractivity contribution in [3.05, 3.63) is 0 Å². The summed E-state index contributed by atoms with van der Waals surface area (Å²) in [5.74, 6) is -0.0344. The Kier molecular flexibility index (Phi) is 6.28. The van der Waals surface area contributed by atoms with Gasteiger partial charge in [-0.05, 0) is 19.3 Å². The van der Waals surface area contributed by atoms with Gasteiger partial charge in [-0.2, -0.15) is 0 Å². The van der Waals surface area contributed by atoms with E-state index < -0.39 is 6.04 Å². The highest BCUT2D eigenvalue weighted by Gasteiger charge is 1.99. The summed E-state index contributed by atoms with van der Waals surface area (Å²) in [6.07, 6.45) is 2.87. The Morgan fingerprint density at radius 2 is 2.25 bits per heavy atom. The summed E-state index contributed by atoms with van der Waals surface area (Å²) in [6, 6.07) is -0.595. The summed E-state index contributed by atoms with van der Waals surface area (Å²) < 4.78 is 0. The standard InChI is InChI=1S/C8H15N2O2/c1-7(12)10-5-3-2-4-8(9)6-11/h6,8-9H,2-5H2,1H3,(H,10,12). The zero-order chi connectivity index (χ0) is 9.40. The minimum atomic E-state index is -0.595. The molecule has 0 spiro atoms. The molecule has 0 bridgehead atoms. The quantitative estimate of drug-likeness (QED) is 0.456. The Morgan fingerprint density at radius 1 is 1.58 bits per heavy atom. The minimum absolute atomic E-state index is 0.0344. The highest BCUT2D eigenvalue weighted by atomic mass is 16.1. The normalized spacial score (nSPS) is 12.2. The molecule has 0 aromatic rings. The Bertz CT molecular complexity index is 148. The van der Waals surface area contributed by atoms with Gasteiger partial charge in [-0.25, -0.2) is 5.73 Å². The van der Waals surface area contributed by atoms with E-state index in [1.807, 2.05) is 0 Å². The summed E-state index contributed by atoms with van der Waals surface area (Å²) in [4.78, 5) is 20.4. The topological polar surface area (TPSA) is 70.0 Å². The van der Waals surface area contributed by atoms with Gasteiger partial charge in [-0.15, -0.1) is 0 Å². The maximum absolute atomic E-state index is 10.4. The predicted molar refractivity (Wildman–Crippen MR) is 45.5 cm³/mol. The molecule has 1 atom stereocenters. The van der Waals surface area contributed by atoms with Crippen molar-refractivity contribution >= 4 is 12.2 Å². The van der Waals surface area contributed by atoms with Crippen LogP contribution in [0.4, 0.5) is 0 Å². The number of hydrogen-bond acceptors (Lipinski definition) is 2. The lowest BCUT2D eigenvalue weighted by Gasteiger charge is -2.02. The molecule has 0 heterocycles. The van der Waals surface area contributed by atoms with E-state index in [2.05, 4.69) is 5.32 Å². The minimum Gasteiger partial charge on any atom is -0.356 e. The van der Waals surface area contributed by atoms with Crippen LogP contribution in [0.1, 0.15) is 26.2 Å². The maximum Gasteiger partial charge on any atom is 0.216 e. The molecule has 0 aromatic heterocycles. The summed E-state index contributed by atoms with van der Waals surface area (Å²) >= 11 is 0. The third kappa shape index (κ3) is 7.21. The molecule has 0 aromatic carbocycles. The van der Waals surface area contributed by atoms with E-state index in [1.54, 1.807) is 0 Å². The third-order valence-electron chi connectivity index (χ3n) is 1.48. The Hall–Kier alpha value is -0.900. The van der Waals surface area contributed by atoms with Gasteiger partial charge in [-0.3, -0.25) is 4.79 Å². The molecule has 0 saturated carbocycles. The highest BCUT2D eigenvalue weighted by molar-refractivity contribution is 5.72. The van der Waals surface area contributed by atoms with Crippen LogP contribution in [0.3, 0.4) is 0 Å².